The summed E-state index contributed by atoms with van der Waals surface area (Å²) >= 11 is 1.34. The normalized spacial score (nSPS) is 18.8. The molecular formula is C20H19N3O5S. The minimum atomic E-state index is -0.469. The summed E-state index contributed by atoms with van der Waals surface area (Å²) in [5.41, 5.74) is 1.38. The van der Waals surface area contributed by atoms with E-state index in [1.54, 1.807) is 18.2 Å². The van der Waals surface area contributed by atoms with Gasteiger partial charge in [0.25, 0.3) is 0 Å². The second-order valence-electron chi connectivity index (χ2n) is 6.97. The topological polar surface area (TPSA) is 116 Å². The number of nitriles is 1. The molecule has 1 atom stereocenters. The van der Waals surface area contributed by atoms with Crippen molar-refractivity contribution in [2.24, 2.45) is 0 Å². The Morgan fingerprint density at radius 3 is 2.97 bits per heavy atom. The summed E-state index contributed by atoms with van der Waals surface area (Å²) in [6.07, 6.45) is 4.99. The number of ether oxygens (including phenoxy) is 1. The van der Waals surface area contributed by atoms with Crippen molar-refractivity contribution in [2.75, 3.05) is 18.4 Å². The van der Waals surface area contributed by atoms with Gasteiger partial charge in [0.1, 0.15) is 22.9 Å². The van der Waals surface area contributed by atoms with Crippen molar-refractivity contribution in [3.05, 3.63) is 46.2 Å². The smallest absolute Gasteiger partial charge is 0.410 e. The van der Waals surface area contributed by atoms with Gasteiger partial charge in [0.05, 0.1) is 31.0 Å². The van der Waals surface area contributed by atoms with E-state index in [2.05, 4.69) is 11.4 Å². The van der Waals surface area contributed by atoms with E-state index in [-0.39, 0.29) is 12.0 Å². The Hall–Kier alpha value is -3.09. The van der Waals surface area contributed by atoms with Crippen LogP contribution < -0.4 is 5.32 Å². The Balaban J connectivity index is 1.41. The number of fused-ring (bicyclic) bond motifs is 1. The molecule has 3 heterocycles. The maximum atomic E-state index is 12.2. The summed E-state index contributed by atoms with van der Waals surface area (Å²) in [6, 6.07) is 5.65. The molecule has 4 rings (SSSR count). The molecule has 1 aliphatic heterocycles. The van der Waals surface area contributed by atoms with Gasteiger partial charge in [0.2, 0.25) is 5.91 Å². The van der Waals surface area contributed by atoms with Crippen LogP contribution in [0.5, 0.6) is 0 Å². The number of β-amino-alcohol motifs (C(OH)–C–C–N with tert-alkyl or cyclic N) is 1. The molecule has 1 aliphatic carbocycles. The van der Waals surface area contributed by atoms with Crippen LogP contribution in [0.1, 0.15) is 28.2 Å². The zero-order chi connectivity index (χ0) is 20.4. The first kappa shape index (κ1) is 19.2. The molecule has 2 aromatic heterocycles. The third kappa shape index (κ3) is 4.18. The standard InChI is InChI=1S/C20H19N3O5S/c21-9-16-15-5-3-14(28-20(26)23-10-12(24)11-23)8-17(15)29-19(16)22-18(25)6-4-13-2-1-7-27-13/h1-2,4,6-7,12,14,24H,3,5,8,10-11H2,(H,22,25)/b6-4+. The van der Waals surface area contributed by atoms with E-state index in [0.717, 1.165) is 10.4 Å². The first-order valence-electron chi connectivity index (χ1n) is 9.24. The number of nitrogens with one attached hydrogen (secondary N) is 1. The van der Waals surface area contributed by atoms with Gasteiger partial charge in [-0.15, -0.1) is 11.3 Å². The number of nitrogens with zero attached hydrogens (tertiary/aromatic N) is 2. The minimum absolute atomic E-state index is 0.277. The summed E-state index contributed by atoms with van der Waals surface area (Å²) in [6.45, 7) is 0.603. The van der Waals surface area contributed by atoms with Gasteiger partial charge in [-0.25, -0.2) is 4.79 Å². The number of aliphatic hydroxyl groups excluding tert-OH is 1. The van der Waals surface area contributed by atoms with Gasteiger partial charge in [-0.2, -0.15) is 5.26 Å². The Morgan fingerprint density at radius 1 is 1.45 bits per heavy atom. The van der Waals surface area contributed by atoms with Crippen molar-refractivity contribution in [3.8, 4) is 6.07 Å². The Kier molecular flexibility index (Phi) is 5.38. The van der Waals surface area contributed by atoms with Crippen molar-refractivity contribution in [3.63, 3.8) is 0 Å². The number of carbonyl (C=O) groups excluding carboxylic acids is 2. The van der Waals surface area contributed by atoms with E-state index >= 15 is 0 Å². The van der Waals surface area contributed by atoms with Crippen molar-refractivity contribution >= 4 is 34.4 Å². The number of likely N-dealkylation sites (tertiary alicyclic amines) is 1. The molecule has 1 fully saturated rings. The number of anilines is 1. The summed E-state index contributed by atoms with van der Waals surface area (Å²) in [7, 11) is 0. The average Bonchev–Trinajstić information content (AvgIpc) is 3.30. The summed E-state index contributed by atoms with van der Waals surface area (Å²) in [4.78, 5) is 26.7. The number of amides is 2. The molecule has 1 saturated heterocycles. The number of aliphatic hydroxyl groups is 1. The van der Waals surface area contributed by atoms with E-state index < -0.39 is 12.2 Å². The van der Waals surface area contributed by atoms with Gasteiger partial charge in [-0.05, 0) is 36.6 Å². The van der Waals surface area contributed by atoms with Crippen molar-refractivity contribution in [2.45, 2.75) is 31.5 Å². The SMILES string of the molecule is N#Cc1c(NC(=O)/C=C/c2ccco2)sc2c1CCC(OC(=O)N1CC(O)C1)C2. The van der Waals surface area contributed by atoms with Gasteiger partial charge in [-0.3, -0.25) is 4.79 Å². The Bertz CT molecular complexity index is 983. The number of thiophene rings is 1. The summed E-state index contributed by atoms with van der Waals surface area (Å²) < 4.78 is 10.7. The van der Waals surface area contributed by atoms with Crippen LogP contribution in [0.25, 0.3) is 6.08 Å². The third-order valence-corrected chi connectivity index (χ3v) is 6.07. The molecule has 9 heteroatoms. The van der Waals surface area contributed by atoms with E-state index in [4.69, 9.17) is 9.15 Å². The first-order chi connectivity index (χ1) is 14.0. The van der Waals surface area contributed by atoms with Crippen LogP contribution in [-0.4, -0.2) is 47.3 Å². The number of furan rings is 1. The van der Waals surface area contributed by atoms with Gasteiger partial charge in [0, 0.05) is 17.4 Å². The van der Waals surface area contributed by atoms with E-state index in [0.29, 0.717) is 48.7 Å². The zero-order valence-corrected chi connectivity index (χ0v) is 16.3. The molecule has 29 heavy (non-hydrogen) atoms. The van der Waals surface area contributed by atoms with Crippen LogP contribution in [0, 0.1) is 11.3 Å². The summed E-state index contributed by atoms with van der Waals surface area (Å²) in [5.74, 6) is 0.210. The molecule has 0 radical (unpaired) electrons. The highest BCUT2D eigenvalue weighted by atomic mass is 32.1. The molecule has 2 aliphatic rings. The maximum Gasteiger partial charge on any atom is 0.410 e. The highest BCUT2D eigenvalue weighted by molar-refractivity contribution is 7.16. The van der Waals surface area contributed by atoms with E-state index in [1.807, 2.05) is 0 Å². The molecule has 0 spiro atoms. The highest BCUT2D eigenvalue weighted by Gasteiger charge is 2.33. The quantitative estimate of drug-likeness (QED) is 0.744. The predicted octanol–water partition coefficient (Wildman–Crippen LogP) is 2.54. The fourth-order valence-electron chi connectivity index (χ4n) is 3.38. The molecule has 2 aromatic rings. The first-order valence-corrected chi connectivity index (χ1v) is 10.1. The molecule has 0 saturated carbocycles. The van der Waals surface area contributed by atoms with Crippen molar-refractivity contribution in [1.29, 1.82) is 5.26 Å². The second kappa shape index (κ2) is 8.11. The predicted molar refractivity (Wildman–Crippen MR) is 105 cm³/mol. The largest absolute Gasteiger partial charge is 0.465 e. The average molecular weight is 413 g/mol. The lowest BCUT2D eigenvalue weighted by Crippen LogP contribution is -2.54. The van der Waals surface area contributed by atoms with E-state index in [9.17, 15) is 20.0 Å². The van der Waals surface area contributed by atoms with Gasteiger partial charge >= 0.3 is 6.09 Å². The van der Waals surface area contributed by atoms with Gasteiger partial charge in [0.15, 0.2) is 0 Å². The fraction of sp³-hybridized carbons (Fsp3) is 0.350. The highest BCUT2D eigenvalue weighted by Crippen LogP contribution is 2.38. The maximum absolute atomic E-state index is 12.2. The molecule has 150 valence electrons. The minimum Gasteiger partial charge on any atom is -0.465 e. The van der Waals surface area contributed by atoms with Crippen LogP contribution >= 0.6 is 11.3 Å². The monoisotopic (exact) mass is 413 g/mol. The van der Waals surface area contributed by atoms with E-state index in [1.165, 1.54) is 28.6 Å². The summed E-state index contributed by atoms with van der Waals surface area (Å²) in [5, 5.41) is 22.1. The van der Waals surface area contributed by atoms with Gasteiger partial charge in [-0.1, -0.05) is 0 Å². The molecule has 2 N–H and O–H groups in total. The van der Waals surface area contributed by atoms with Crippen LogP contribution in [0.4, 0.5) is 9.80 Å². The van der Waals surface area contributed by atoms with Gasteiger partial charge < -0.3 is 24.5 Å². The fourth-order valence-corrected chi connectivity index (χ4v) is 4.65. The number of rotatable bonds is 4. The van der Waals surface area contributed by atoms with Crippen molar-refractivity contribution < 1.29 is 23.8 Å². The van der Waals surface area contributed by atoms with Crippen LogP contribution in [0.15, 0.2) is 28.9 Å². The molecule has 8 nitrogen and oxygen atoms in total. The lowest BCUT2D eigenvalue weighted by atomic mass is 9.94. The lowest BCUT2D eigenvalue weighted by molar-refractivity contribution is -0.111. The Labute approximate surface area is 171 Å². The third-order valence-electron chi connectivity index (χ3n) is 4.90. The molecule has 0 aromatic carbocycles. The molecular weight excluding hydrogens is 394 g/mol. The van der Waals surface area contributed by atoms with Crippen molar-refractivity contribution in [1.82, 2.24) is 4.90 Å². The number of hydrogen-bond acceptors (Lipinski definition) is 7. The van der Waals surface area contributed by atoms with Crippen LogP contribution in [-0.2, 0) is 22.4 Å². The number of hydrogen-bond donors (Lipinski definition) is 2. The zero-order valence-electron chi connectivity index (χ0n) is 15.5. The Morgan fingerprint density at radius 2 is 2.28 bits per heavy atom. The molecule has 2 amide bonds. The molecule has 1 unspecified atom stereocenters. The van der Waals surface area contributed by atoms with Crippen LogP contribution in [0.3, 0.4) is 0 Å². The molecule has 0 bridgehead atoms. The lowest BCUT2D eigenvalue weighted by Gasteiger charge is -2.36. The van der Waals surface area contributed by atoms with Crippen LogP contribution in [0.2, 0.25) is 0 Å². The number of carbonyl (C=O) groups is 2. The second-order valence-corrected chi connectivity index (χ2v) is 8.07.